The Hall–Kier alpha value is -1.07. The van der Waals surface area contributed by atoms with Crippen LogP contribution >= 0.6 is 0 Å². The fourth-order valence-corrected chi connectivity index (χ4v) is 4.15. The zero-order valence-corrected chi connectivity index (χ0v) is 17.9. The van der Waals surface area contributed by atoms with E-state index in [1.54, 1.807) is 7.05 Å². The van der Waals surface area contributed by atoms with Crippen molar-refractivity contribution in [2.45, 2.75) is 45.0 Å². The number of hydrogen-bond donors (Lipinski definition) is 2. The summed E-state index contributed by atoms with van der Waals surface area (Å²) >= 11 is 0. The summed E-state index contributed by atoms with van der Waals surface area (Å²) in [6.45, 7) is 8.61. The van der Waals surface area contributed by atoms with Crippen LogP contribution in [-0.4, -0.2) is 82.0 Å². The van der Waals surface area contributed by atoms with Crippen molar-refractivity contribution in [3.63, 3.8) is 0 Å². The summed E-state index contributed by atoms with van der Waals surface area (Å²) in [5.74, 6) is 0.772. The lowest BCUT2D eigenvalue weighted by Gasteiger charge is -2.31. The predicted octanol–water partition coefficient (Wildman–Crippen LogP) is 1.84. The molecule has 1 aliphatic heterocycles. The van der Waals surface area contributed by atoms with Crippen LogP contribution in [0.1, 0.15) is 39.5 Å². The first-order valence-electron chi connectivity index (χ1n) is 9.89. The minimum absolute atomic E-state index is 0.106. The molecule has 0 aromatic carbocycles. The van der Waals surface area contributed by atoms with Gasteiger partial charge in [-0.1, -0.05) is 13.8 Å². The van der Waals surface area contributed by atoms with Crippen molar-refractivity contribution in [2.75, 3.05) is 52.9 Å². The Morgan fingerprint density at radius 3 is 2.25 bits per heavy atom. The highest BCUT2D eigenvalue weighted by Crippen LogP contribution is 2.30. The fraction of sp³-hybridized carbons (Fsp3) is 0.941. The average Bonchev–Trinajstić information content (AvgIpc) is 2.66. The van der Waals surface area contributed by atoms with Gasteiger partial charge in [0.2, 0.25) is 0 Å². The second-order valence-electron chi connectivity index (χ2n) is 6.91. The molecule has 0 aromatic rings. The van der Waals surface area contributed by atoms with Gasteiger partial charge in [-0.05, 0) is 51.2 Å². The molecule has 0 atom stereocenters. The fourth-order valence-electron chi connectivity index (χ4n) is 3.17. The summed E-state index contributed by atoms with van der Waals surface area (Å²) in [4.78, 5) is 6.53. The first kappa shape index (κ1) is 25.0. The molecule has 28 heavy (non-hydrogen) atoms. The second-order valence-corrected chi connectivity index (χ2v) is 8.84. The van der Waals surface area contributed by atoms with E-state index in [1.807, 2.05) is 0 Å². The van der Waals surface area contributed by atoms with E-state index < -0.39 is 15.5 Å². The van der Waals surface area contributed by atoms with Gasteiger partial charge in [0, 0.05) is 33.2 Å². The highest BCUT2D eigenvalue weighted by Gasteiger charge is 2.50. The molecule has 2 N–H and O–H groups in total. The van der Waals surface area contributed by atoms with Crippen LogP contribution in [0, 0.1) is 5.92 Å². The molecular weight excluding hydrogens is 395 g/mol. The van der Waals surface area contributed by atoms with Gasteiger partial charge in [0.25, 0.3) is 0 Å². The number of nitrogens with one attached hydrogen (secondary N) is 2. The number of piperidine rings is 1. The lowest BCUT2D eigenvalue weighted by Crippen LogP contribution is -2.47. The van der Waals surface area contributed by atoms with Crippen molar-refractivity contribution in [3.05, 3.63) is 0 Å². The maximum Gasteiger partial charge on any atom is 0.511 e. The SMILES string of the molecule is CCN(CC)CCCCNC(=NC)NCC1CCN(S(=O)(=O)C(F)(F)F)CC1. The van der Waals surface area contributed by atoms with E-state index in [2.05, 4.69) is 34.4 Å². The Morgan fingerprint density at radius 2 is 1.75 bits per heavy atom. The van der Waals surface area contributed by atoms with E-state index in [-0.39, 0.29) is 19.0 Å². The van der Waals surface area contributed by atoms with Gasteiger partial charge in [-0.15, -0.1) is 0 Å². The smallest absolute Gasteiger partial charge is 0.356 e. The summed E-state index contributed by atoms with van der Waals surface area (Å²) in [6.07, 6.45) is 2.90. The van der Waals surface area contributed by atoms with E-state index in [0.717, 1.165) is 39.0 Å². The first-order valence-corrected chi connectivity index (χ1v) is 11.3. The lowest BCUT2D eigenvalue weighted by atomic mass is 9.98. The lowest BCUT2D eigenvalue weighted by molar-refractivity contribution is -0.0496. The quantitative estimate of drug-likeness (QED) is 0.315. The number of nitrogens with zero attached hydrogens (tertiary/aromatic N) is 3. The molecule has 0 amide bonds. The van der Waals surface area contributed by atoms with Crippen LogP contribution < -0.4 is 10.6 Å². The predicted molar refractivity (Wildman–Crippen MR) is 106 cm³/mol. The first-order chi connectivity index (χ1) is 13.2. The number of unbranched alkanes of at least 4 members (excludes halogenated alkanes) is 1. The highest BCUT2D eigenvalue weighted by atomic mass is 32.2. The Morgan fingerprint density at radius 1 is 1.14 bits per heavy atom. The summed E-state index contributed by atoms with van der Waals surface area (Å²) < 4.78 is 61.2. The van der Waals surface area contributed by atoms with Crippen molar-refractivity contribution in [1.29, 1.82) is 0 Å². The van der Waals surface area contributed by atoms with Crippen molar-refractivity contribution in [3.8, 4) is 0 Å². The van der Waals surface area contributed by atoms with Crippen molar-refractivity contribution in [1.82, 2.24) is 19.8 Å². The van der Waals surface area contributed by atoms with Gasteiger partial charge < -0.3 is 15.5 Å². The standard InChI is InChI=1S/C17H34F3N5O2S/c1-4-24(5-2)11-7-6-10-22-16(21-3)23-14-15-8-12-25(13-9-15)28(26,27)17(18,19)20/h15H,4-14H2,1-3H3,(H2,21,22,23). The van der Waals surface area contributed by atoms with Crippen LogP contribution in [0.3, 0.4) is 0 Å². The highest BCUT2D eigenvalue weighted by molar-refractivity contribution is 7.90. The summed E-state index contributed by atoms with van der Waals surface area (Å²) in [6, 6.07) is 0. The van der Waals surface area contributed by atoms with Gasteiger partial charge >= 0.3 is 15.5 Å². The summed E-state index contributed by atoms with van der Waals surface area (Å²) in [5.41, 5.74) is -5.23. The molecule has 7 nitrogen and oxygen atoms in total. The summed E-state index contributed by atoms with van der Waals surface area (Å²) in [5, 5.41) is 6.42. The average molecular weight is 430 g/mol. The van der Waals surface area contributed by atoms with Gasteiger partial charge in [0.05, 0.1) is 0 Å². The van der Waals surface area contributed by atoms with Crippen LogP contribution in [0.15, 0.2) is 4.99 Å². The maximum absolute atomic E-state index is 12.6. The van der Waals surface area contributed by atoms with Gasteiger partial charge in [-0.2, -0.15) is 17.5 Å². The minimum Gasteiger partial charge on any atom is -0.356 e. The van der Waals surface area contributed by atoms with Crippen LogP contribution in [0.5, 0.6) is 0 Å². The molecule has 0 aromatic heterocycles. The van der Waals surface area contributed by atoms with Crippen molar-refractivity contribution in [2.24, 2.45) is 10.9 Å². The molecule has 0 unspecified atom stereocenters. The zero-order chi connectivity index (χ0) is 21.2. The number of alkyl halides is 3. The molecule has 1 heterocycles. The minimum atomic E-state index is -5.23. The molecule has 1 aliphatic rings. The van der Waals surface area contributed by atoms with E-state index in [0.29, 0.717) is 29.7 Å². The molecule has 1 fully saturated rings. The van der Waals surface area contributed by atoms with Crippen LogP contribution in [0.25, 0.3) is 0 Å². The van der Waals surface area contributed by atoms with Crippen LogP contribution in [0.4, 0.5) is 13.2 Å². The second kappa shape index (κ2) is 11.8. The van der Waals surface area contributed by atoms with Crippen LogP contribution in [0.2, 0.25) is 0 Å². The van der Waals surface area contributed by atoms with Gasteiger partial charge in [0.15, 0.2) is 5.96 Å². The molecule has 0 bridgehead atoms. The van der Waals surface area contributed by atoms with Crippen molar-refractivity contribution >= 4 is 16.0 Å². The summed E-state index contributed by atoms with van der Waals surface area (Å²) in [7, 11) is -3.54. The number of guanidine groups is 1. The Balaban J connectivity index is 2.27. The number of rotatable bonds is 10. The Labute approximate surface area is 166 Å². The number of sulfonamides is 1. The molecule has 0 radical (unpaired) electrons. The molecule has 166 valence electrons. The number of aliphatic imine (C=N–C) groups is 1. The third-order valence-electron chi connectivity index (χ3n) is 5.08. The van der Waals surface area contributed by atoms with E-state index >= 15 is 0 Å². The zero-order valence-electron chi connectivity index (χ0n) is 17.1. The van der Waals surface area contributed by atoms with E-state index in [1.165, 1.54) is 0 Å². The van der Waals surface area contributed by atoms with Gasteiger partial charge in [-0.3, -0.25) is 4.99 Å². The van der Waals surface area contributed by atoms with E-state index in [4.69, 9.17) is 0 Å². The Kier molecular flexibility index (Phi) is 10.5. The number of hydrogen-bond acceptors (Lipinski definition) is 4. The van der Waals surface area contributed by atoms with Gasteiger partial charge in [0.1, 0.15) is 0 Å². The Bertz CT molecular complexity index is 572. The third-order valence-corrected chi connectivity index (χ3v) is 6.71. The molecule has 1 rings (SSSR count). The molecule has 0 saturated carbocycles. The third kappa shape index (κ3) is 7.75. The normalized spacial score (nSPS) is 17.9. The number of halogens is 3. The van der Waals surface area contributed by atoms with Gasteiger partial charge in [-0.25, -0.2) is 8.42 Å². The molecule has 1 saturated heterocycles. The van der Waals surface area contributed by atoms with Crippen LogP contribution in [-0.2, 0) is 10.0 Å². The topological polar surface area (TPSA) is 77.0 Å². The maximum atomic E-state index is 12.6. The van der Waals surface area contributed by atoms with Crippen molar-refractivity contribution < 1.29 is 21.6 Å². The molecule has 0 spiro atoms. The molecular formula is C17H34F3N5O2S. The molecule has 0 aliphatic carbocycles. The monoisotopic (exact) mass is 429 g/mol. The largest absolute Gasteiger partial charge is 0.511 e. The van der Waals surface area contributed by atoms with E-state index in [9.17, 15) is 21.6 Å². The molecule has 11 heteroatoms.